The Labute approximate surface area is 158 Å². The fourth-order valence-electron chi connectivity index (χ4n) is 4.17. The number of carbonyl (C=O) groups excluding carboxylic acids is 1. The van der Waals surface area contributed by atoms with Crippen LogP contribution in [0.4, 0.5) is 0 Å². The van der Waals surface area contributed by atoms with E-state index in [4.69, 9.17) is 4.42 Å². The third-order valence-corrected chi connectivity index (χ3v) is 6.09. The standard InChI is InChI=1S/C19H26N4O2S/c1-13-17(21-12-20-13)10-22-7-14-3-4-15(9-22)23(8-14)19(24)18-6-5-16(25-18)11-26-2/h5-6,12,14-15H,3-4,7-11H2,1-2H3,(H,20,21)/t14-,15+/m1/s1. The molecular formula is C19H26N4O2S. The van der Waals surface area contributed by atoms with Crippen molar-refractivity contribution in [3.8, 4) is 0 Å². The number of nitrogens with zero attached hydrogens (tertiary/aromatic N) is 3. The smallest absolute Gasteiger partial charge is 0.289 e. The predicted molar refractivity (Wildman–Crippen MR) is 102 cm³/mol. The van der Waals surface area contributed by atoms with Gasteiger partial charge in [0, 0.05) is 37.9 Å². The number of H-pyrrole nitrogens is 1. The summed E-state index contributed by atoms with van der Waals surface area (Å²) in [6.07, 6.45) is 6.06. The van der Waals surface area contributed by atoms with Gasteiger partial charge in [0.05, 0.1) is 17.8 Å². The minimum atomic E-state index is 0.0462. The van der Waals surface area contributed by atoms with Crippen molar-refractivity contribution in [1.29, 1.82) is 0 Å². The third-order valence-electron chi connectivity index (χ3n) is 5.52. The lowest BCUT2D eigenvalue weighted by molar-refractivity contribution is 0.0551. The van der Waals surface area contributed by atoms with Gasteiger partial charge in [0.15, 0.2) is 5.76 Å². The number of piperidine rings is 1. The Morgan fingerprint density at radius 2 is 2.23 bits per heavy atom. The highest BCUT2D eigenvalue weighted by atomic mass is 32.2. The monoisotopic (exact) mass is 374 g/mol. The topological polar surface area (TPSA) is 65.4 Å². The van der Waals surface area contributed by atoms with Crippen LogP contribution in [0.1, 0.15) is 40.5 Å². The lowest BCUT2D eigenvalue weighted by Gasteiger charge is -2.35. The number of nitrogens with one attached hydrogen (secondary N) is 1. The van der Waals surface area contributed by atoms with Gasteiger partial charge in [-0.15, -0.1) is 0 Å². The van der Waals surface area contributed by atoms with Crippen LogP contribution < -0.4 is 0 Å². The van der Waals surface area contributed by atoms with E-state index in [-0.39, 0.29) is 11.9 Å². The summed E-state index contributed by atoms with van der Waals surface area (Å²) in [5.74, 6) is 2.73. The molecule has 2 aromatic heterocycles. The zero-order valence-electron chi connectivity index (χ0n) is 15.4. The van der Waals surface area contributed by atoms with Crippen LogP contribution in [-0.2, 0) is 12.3 Å². The molecule has 1 N–H and O–H groups in total. The van der Waals surface area contributed by atoms with Crippen LogP contribution in [-0.4, -0.2) is 57.6 Å². The number of furan rings is 1. The normalized spacial score (nSPS) is 23.4. The Bertz CT molecular complexity index is 771. The quantitative estimate of drug-likeness (QED) is 0.872. The zero-order chi connectivity index (χ0) is 18.1. The summed E-state index contributed by atoms with van der Waals surface area (Å²) < 4.78 is 5.78. The highest BCUT2D eigenvalue weighted by Crippen LogP contribution is 2.30. The predicted octanol–water partition coefficient (Wildman–Crippen LogP) is 2.91. The van der Waals surface area contributed by atoms with Crippen LogP contribution >= 0.6 is 11.8 Å². The fourth-order valence-corrected chi connectivity index (χ4v) is 4.61. The van der Waals surface area contributed by atoms with Crippen molar-refractivity contribution in [3.05, 3.63) is 41.4 Å². The number of fused-ring (bicyclic) bond motifs is 4. The average Bonchev–Trinajstić information content (AvgIpc) is 3.15. The Morgan fingerprint density at radius 1 is 1.35 bits per heavy atom. The van der Waals surface area contributed by atoms with Gasteiger partial charge in [0.2, 0.25) is 0 Å². The second kappa shape index (κ2) is 7.48. The van der Waals surface area contributed by atoms with Crippen molar-refractivity contribution in [2.45, 2.75) is 38.1 Å². The van der Waals surface area contributed by atoms with Crippen LogP contribution in [0.15, 0.2) is 22.9 Å². The van der Waals surface area contributed by atoms with E-state index < -0.39 is 0 Å². The first-order valence-electron chi connectivity index (χ1n) is 9.24. The highest BCUT2D eigenvalue weighted by Gasteiger charge is 2.38. The number of rotatable bonds is 5. The molecule has 6 nitrogen and oxygen atoms in total. The fraction of sp³-hybridized carbons (Fsp3) is 0.579. The van der Waals surface area contributed by atoms with E-state index in [9.17, 15) is 4.79 Å². The molecule has 0 aromatic carbocycles. The van der Waals surface area contributed by atoms with Crippen molar-refractivity contribution < 1.29 is 9.21 Å². The molecule has 0 aliphatic carbocycles. The van der Waals surface area contributed by atoms with Crippen molar-refractivity contribution in [2.24, 2.45) is 5.92 Å². The number of aromatic amines is 1. The maximum absolute atomic E-state index is 13.0. The van der Waals surface area contributed by atoms with Gasteiger partial charge in [-0.25, -0.2) is 4.98 Å². The molecule has 0 saturated carbocycles. The average molecular weight is 375 g/mol. The van der Waals surface area contributed by atoms with E-state index in [1.807, 2.05) is 23.3 Å². The number of thioether (sulfide) groups is 1. The Hall–Kier alpha value is -1.73. The minimum Gasteiger partial charge on any atom is -0.455 e. The number of aryl methyl sites for hydroxylation is 1. The zero-order valence-corrected chi connectivity index (χ0v) is 16.2. The molecule has 7 heteroatoms. The molecule has 3 aliphatic heterocycles. The Morgan fingerprint density at radius 3 is 3.00 bits per heavy atom. The molecule has 26 heavy (non-hydrogen) atoms. The second-order valence-corrected chi connectivity index (χ2v) is 8.29. The molecule has 3 fully saturated rings. The second-order valence-electron chi connectivity index (χ2n) is 7.42. The summed E-state index contributed by atoms with van der Waals surface area (Å²) >= 11 is 1.70. The first kappa shape index (κ1) is 17.7. The summed E-state index contributed by atoms with van der Waals surface area (Å²) in [6.45, 7) is 5.68. The summed E-state index contributed by atoms with van der Waals surface area (Å²) in [5, 5.41) is 0. The maximum Gasteiger partial charge on any atom is 0.289 e. The lowest BCUT2D eigenvalue weighted by atomic mass is 9.95. The highest BCUT2D eigenvalue weighted by molar-refractivity contribution is 7.97. The molecule has 2 aromatic rings. The molecule has 0 unspecified atom stereocenters. The lowest BCUT2D eigenvalue weighted by Crippen LogP contribution is -2.47. The molecule has 3 saturated heterocycles. The van der Waals surface area contributed by atoms with E-state index in [0.717, 1.165) is 55.5 Å². The molecule has 0 radical (unpaired) electrons. The van der Waals surface area contributed by atoms with Gasteiger partial charge in [0.25, 0.3) is 5.91 Å². The molecule has 0 spiro atoms. The minimum absolute atomic E-state index is 0.0462. The van der Waals surface area contributed by atoms with Crippen LogP contribution in [0.3, 0.4) is 0 Å². The number of aromatic nitrogens is 2. The van der Waals surface area contributed by atoms with Crippen LogP contribution in [0.5, 0.6) is 0 Å². The van der Waals surface area contributed by atoms with E-state index in [0.29, 0.717) is 11.7 Å². The molecule has 2 atom stereocenters. The van der Waals surface area contributed by atoms with E-state index in [1.165, 1.54) is 6.42 Å². The Kier molecular flexibility index (Phi) is 5.09. The molecule has 5 rings (SSSR count). The van der Waals surface area contributed by atoms with Crippen LogP contribution in [0, 0.1) is 12.8 Å². The van der Waals surface area contributed by atoms with E-state index >= 15 is 0 Å². The first-order valence-corrected chi connectivity index (χ1v) is 10.6. The number of hydrogen-bond donors (Lipinski definition) is 1. The van der Waals surface area contributed by atoms with Gasteiger partial charge < -0.3 is 14.3 Å². The summed E-state index contributed by atoms with van der Waals surface area (Å²) in [4.78, 5) is 25.1. The SMILES string of the molecule is CSCc1ccc(C(=O)N2C[C@@H]3CC[C@H]2CN(Cc2nc[nH]c2C)C3)o1. The Balaban J connectivity index is 1.47. The molecule has 2 bridgehead atoms. The first-order chi connectivity index (χ1) is 12.6. The van der Waals surface area contributed by atoms with Crippen molar-refractivity contribution >= 4 is 17.7 Å². The summed E-state index contributed by atoms with van der Waals surface area (Å²) in [6, 6.07) is 4.01. The van der Waals surface area contributed by atoms with Crippen LogP contribution in [0.2, 0.25) is 0 Å². The molecule has 3 aliphatic rings. The van der Waals surface area contributed by atoms with Gasteiger partial charge >= 0.3 is 0 Å². The van der Waals surface area contributed by atoms with Crippen LogP contribution in [0.25, 0.3) is 0 Å². The number of imidazole rings is 1. The molecular weight excluding hydrogens is 348 g/mol. The molecule has 5 heterocycles. The number of hydrogen-bond acceptors (Lipinski definition) is 5. The summed E-state index contributed by atoms with van der Waals surface area (Å²) in [5.41, 5.74) is 2.24. The maximum atomic E-state index is 13.0. The molecule has 140 valence electrons. The van der Waals surface area contributed by atoms with Gasteiger partial charge in [-0.05, 0) is 44.1 Å². The van der Waals surface area contributed by atoms with Gasteiger partial charge in [-0.2, -0.15) is 11.8 Å². The largest absolute Gasteiger partial charge is 0.455 e. The summed E-state index contributed by atoms with van der Waals surface area (Å²) in [7, 11) is 0. The number of carbonyl (C=O) groups is 1. The van der Waals surface area contributed by atoms with E-state index in [1.54, 1.807) is 18.1 Å². The van der Waals surface area contributed by atoms with Gasteiger partial charge in [-0.3, -0.25) is 9.69 Å². The van der Waals surface area contributed by atoms with Gasteiger partial charge in [0.1, 0.15) is 5.76 Å². The van der Waals surface area contributed by atoms with Crippen molar-refractivity contribution in [3.63, 3.8) is 0 Å². The third kappa shape index (κ3) is 3.55. The van der Waals surface area contributed by atoms with Crippen molar-refractivity contribution in [1.82, 2.24) is 19.8 Å². The van der Waals surface area contributed by atoms with E-state index in [2.05, 4.69) is 21.8 Å². The van der Waals surface area contributed by atoms with Crippen molar-refractivity contribution in [2.75, 3.05) is 25.9 Å². The number of amides is 1. The molecule has 1 amide bonds. The van der Waals surface area contributed by atoms with Gasteiger partial charge in [-0.1, -0.05) is 0 Å².